The summed E-state index contributed by atoms with van der Waals surface area (Å²) in [4.78, 5) is 22.1. The highest BCUT2D eigenvalue weighted by atomic mass is 16.1. The number of hydrogen-bond acceptors (Lipinski definition) is 5. The van der Waals surface area contributed by atoms with Gasteiger partial charge in [-0.2, -0.15) is 10.1 Å². The van der Waals surface area contributed by atoms with Gasteiger partial charge in [0.2, 0.25) is 5.95 Å². The van der Waals surface area contributed by atoms with Crippen molar-refractivity contribution in [3.8, 4) is 0 Å². The normalized spacial score (nSPS) is 21.0. The summed E-state index contributed by atoms with van der Waals surface area (Å²) in [5.74, 6) is 1.47. The van der Waals surface area contributed by atoms with Crippen LogP contribution in [0.3, 0.4) is 0 Å². The third-order valence-electron chi connectivity index (χ3n) is 5.77. The Bertz CT molecular complexity index is 767. The number of anilines is 1. The number of aryl methyl sites for hydroxylation is 1. The van der Waals surface area contributed by atoms with E-state index in [9.17, 15) is 4.79 Å². The Hall–Kier alpha value is -1.89. The first-order chi connectivity index (χ1) is 12.2. The van der Waals surface area contributed by atoms with Crippen LogP contribution in [0.4, 0.5) is 5.95 Å². The van der Waals surface area contributed by atoms with Gasteiger partial charge in [-0.25, -0.2) is 0 Å². The maximum absolute atomic E-state index is 12.1. The first-order valence-corrected chi connectivity index (χ1v) is 9.60. The molecule has 2 aromatic rings. The number of rotatable bonds is 4. The molecule has 136 valence electrons. The zero-order valence-corrected chi connectivity index (χ0v) is 15.0. The van der Waals surface area contributed by atoms with Crippen molar-refractivity contribution in [1.82, 2.24) is 24.6 Å². The zero-order chi connectivity index (χ0) is 17.2. The average molecular weight is 344 g/mol. The fourth-order valence-electron chi connectivity index (χ4n) is 4.29. The number of hydrogen-bond donors (Lipinski definition) is 2. The zero-order valence-electron chi connectivity index (χ0n) is 15.0. The Morgan fingerprint density at radius 1 is 1.20 bits per heavy atom. The summed E-state index contributed by atoms with van der Waals surface area (Å²) in [6, 6.07) is 0.372. The van der Waals surface area contributed by atoms with Crippen molar-refractivity contribution in [3.63, 3.8) is 0 Å². The predicted octanol–water partition coefficient (Wildman–Crippen LogP) is 2.11. The minimum Gasteiger partial charge on any atom is -0.353 e. The van der Waals surface area contributed by atoms with E-state index in [2.05, 4.69) is 25.3 Å². The molecule has 2 N–H and O–H groups in total. The lowest BCUT2D eigenvalue weighted by Gasteiger charge is -2.35. The van der Waals surface area contributed by atoms with Crippen LogP contribution in [-0.2, 0) is 7.05 Å². The van der Waals surface area contributed by atoms with Gasteiger partial charge in [-0.3, -0.25) is 14.5 Å². The standard InChI is InChI=1S/C18H28N6O/c1-23-16-15(11-19-23)17(25)22-18(21-16)20-14-7-9-24(10-8-14)12-13-5-3-2-4-6-13/h11,13-14H,2-10,12H2,1H3,(H2,20,21,22,25). The van der Waals surface area contributed by atoms with Crippen LogP contribution >= 0.6 is 0 Å². The predicted molar refractivity (Wildman–Crippen MR) is 98.8 cm³/mol. The molecule has 0 radical (unpaired) electrons. The van der Waals surface area contributed by atoms with E-state index < -0.39 is 0 Å². The van der Waals surface area contributed by atoms with Gasteiger partial charge in [0.1, 0.15) is 5.39 Å². The van der Waals surface area contributed by atoms with Crippen LogP contribution in [0, 0.1) is 5.92 Å². The number of aromatic nitrogens is 4. The van der Waals surface area contributed by atoms with E-state index >= 15 is 0 Å². The van der Waals surface area contributed by atoms with Gasteiger partial charge in [-0.1, -0.05) is 19.3 Å². The van der Waals surface area contributed by atoms with Crippen molar-refractivity contribution in [2.24, 2.45) is 13.0 Å². The summed E-state index contributed by atoms with van der Waals surface area (Å²) in [7, 11) is 1.81. The minimum absolute atomic E-state index is 0.129. The summed E-state index contributed by atoms with van der Waals surface area (Å²) in [6.45, 7) is 3.53. The largest absolute Gasteiger partial charge is 0.353 e. The van der Waals surface area contributed by atoms with Crippen molar-refractivity contribution in [3.05, 3.63) is 16.6 Å². The fourth-order valence-corrected chi connectivity index (χ4v) is 4.29. The molecule has 0 amide bonds. The Morgan fingerprint density at radius 3 is 2.72 bits per heavy atom. The lowest BCUT2D eigenvalue weighted by atomic mass is 9.88. The summed E-state index contributed by atoms with van der Waals surface area (Å²) >= 11 is 0. The van der Waals surface area contributed by atoms with Crippen LogP contribution in [0.5, 0.6) is 0 Å². The highest BCUT2D eigenvalue weighted by Crippen LogP contribution is 2.25. The fraction of sp³-hybridized carbons (Fsp3) is 0.722. The minimum atomic E-state index is -0.129. The molecule has 25 heavy (non-hydrogen) atoms. The highest BCUT2D eigenvalue weighted by Gasteiger charge is 2.23. The van der Waals surface area contributed by atoms with Gasteiger partial charge in [-0.05, 0) is 31.6 Å². The second-order valence-electron chi connectivity index (χ2n) is 7.64. The van der Waals surface area contributed by atoms with Crippen LogP contribution in [0.15, 0.2) is 11.0 Å². The second-order valence-corrected chi connectivity index (χ2v) is 7.64. The third kappa shape index (κ3) is 3.71. The molecular formula is C18H28N6O. The first kappa shape index (κ1) is 16.6. The van der Waals surface area contributed by atoms with E-state index in [4.69, 9.17) is 0 Å². The van der Waals surface area contributed by atoms with Crippen molar-refractivity contribution >= 4 is 17.0 Å². The molecule has 4 rings (SSSR count). The molecule has 1 aliphatic carbocycles. The summed E-state index contributed by atoms with van der Waals surface area (Å²) in [5.41, 5.74) is 0.497. The SMILES string of the molecule is Cn1ncc2c(=O)[nH]c(NC3CCN(CC4CCCCC4)CC3)nc21. The Morgan fingerprint density at radius 2 is 1.96 bits per heavy atom. The molecule has 0 atom stereocenters. The van der Waals surface area contributed by atoms with Crippen molar-refractivity contribution < 1.29 is 0 Å². The van der Waals surface area contributed by atoms with Gasteiger partial charge in [0.25, 0.3) is 5.56 Å². The number of nitrogens with zero attached hydrogens (tertiary/aromatic N) is 4. The van der Waals surface area contributed by atoms with E-state index in [1.54, 1.807) is 10.9 Å². The van der Waals surface area contributed by atoms with Gasteiger partial charge < -0.3 is 10.2 Å². The molecule has 0 aromatic carbocycles. The van der Waals surface area contributed by atoms with Crippen LogP contribution < -0.4 is 10.9 Å². The molecule has 2 aromatic heterocycles. The van der Waals surface area contributed by atoms with E-state index in [-0.39, 0.29) is 5.56 Å². The second kappa shape index (κ2) is 7.15. The van der Waals surface area contributed by atoms with E-state index in [1.165, 1.54) is 38.6 Å². The molecule has 0 unspecified atom stereocenters. The lowest BCUT2D eigenvalue weighted by molar-refractivity contribution is 0.168. The summed E-state index contributed by atoms with van der Waals surface area (Å²) in [6.07, 6.45) is 10.8. The highest BCUT2D eigenvalue weighted by molar-refractivity contribution is 5.74. The number of piperidine rings is 1. The van der Waals surface area contributed by atoms with Crippen LogP contribution in [0.2, 0.25) is 0 Å². The molecule has 7 nitrogen and oxygen atoms in total. The number of H-pyrrole nitrogens is 1. The Balaban J connectivity index is 1.34. The maximum Gasteiger partial charge on any atom is 0.263 e. The first-order valence-electron chi connectivity index (χ1n) is 9.60. The van der Waals surface area contributed by atoms with Gasteiger partial charge in [0, 0.05) is 32.7 Å². The molecular weight excluding hydrogens is 316 g/mol. The Kier molecular flexibility index (Phi) is 4.74. The molecule has 2 aliphatic rings. The number of likely N-dealkylation sites (tertiary alicyclic amines) is 1. The van der Waals surface area contributed by atoms with E-state index in [0.29, 0.717) is 23.0 Å². The molecule has 1 saturated carbocycles. The molecule has 2 fully saturated rings. The van der Waals surface area contributed by atoms with E-state index in [1.807, 2.05) is 7.05 Å². The monoisotopic (exact) mass is 344 g/mol. The average Bonchev–Trinajstić information content (AvgIpc) is 2.99. The molecule has 0 spiro atoms. The van der Waals surface area contributed by atoms with Gasteiger partial charge in [-0.15, -0.1) is 0 Å². The van der Waals surface area contributed by atoms with E-state index in [0.717, 1.165) is 31.8 Å². The summed E-state index contributed by atoms with van der Waals surface area (Å²) in [5, 5.41) is 8.07. The molecule has 1 saturated heterocycles. The number of nitrogens with one attached hydrogen (secondary N) is 2. The van der Waals surface area contributed by atoms with Crippen molar-refractivity contribution in [1.29, 1.82) is 0 Å². The van der Waals surface area contributed by atoms with Crippen LogP contribution in [-0.4, -0.2) is 50.3 Å². The smallest absolute Gasteiger partial charge is 0.263 e. The van der Waals surface area contributed by atoms with Crippen molar-refractivity contribution in [2.75, 3.05) is 25.0 Å². The number of fused-ring (bicyclic) bond motifs is 1. The topological polar surface area (TPSA) is 78.8 Å². The lowest BCUT2D eigenvalue weighted by Crippen LogP contribution is -2.41. The van der Waals surface area contributed by atoms with Gasteiger partial charge in [0.15, 0.2) is 5.65 Å². The molecule has 1 aliphatic heterocycles. The quantitative estimate of drug-likeness (QED) is 0.888. The summed E-state index contributed by atoms with van der Waals surface area (Å²) < 4.78 is 1.64. The van der Waals surface area contributed by atoms with Crippen LogP contribution in [0.25, 0.3) is 11.0 Å². The third-order valence-corrected chi connectivity index (χ3v) is 5.77. The molecule has 3 heterocycles. The molecule has 7 heteroatoms. The van der Waals surface area contributed by atoms with Crippen LogP contribution in [0.1, 0.15) is 44.9 Å². The van der Waals surface area contributed by atoms with Gasteiger partial charge >= 0.3 is 0 Å². The maximum atomic E-state index is 12.1. The Labute approximate surface area is 147 Å². The van der Waals surface area contributed by atoms with Gasteiger partial charge in [0.05, 0.1) is 6.20 Å². The molecule has 0 bridgehead atoms. The number of aromatic amines is 1. The van der Waals surface area contributed by atoms with Crippen molar-refractivity contribution in [2.45, 2.75) is 51.0 Å².